The van der Waals surface area contributed by atoms with E-state index in [-0.39, 0.29) is 23.7 Å². The van der Waals surface area contributed by atoms with E-state index in [4.69, 9.17) is 14.7 Å². The lowest BCUT2D eigenvalue weighted by atomic mass is 10.0. The fourth-order valence-corrected chi connectivity index (χ4v) is 4.76. The molecule has 1 saturated carbocycles. The predicted octanol–water partition coefficient (Wildman–Crippen LogP) is 3.53. The molecule has 1 aliphatic carbocycles. The molecule has 5 rings (SSSR count). The Kier molecular flexibility index (Phi) is 6.15. The molecule has 33 heavy (non-hydrogen) atoms. The zero-order chi connectivity index (χ0) is 22.9. The van der Waals surface area contributed by atoms with Gasteiger partial charge in [-0.3, -0.25) is 9.59 Å². The Morgan fingerprint density at radius 2 is 1.91 bits per heavy atom. The number of ketones is 1. The zero-order valence-electron chi connectivity index (χ0n) is 19.5. The number of rotatable bonds is 7. The van der Waals surface area contributed by atoms with Crippen LogP contribution in [0.2, 0.25) is 0 Å². The first-order chi connectivity index (χ1) is 16.0. The third kappa shape index (κ3) is 4.64. The van der Waals surface area contributed by atoms with Crippen molar-refractivity contribution in [2.24, 2.45) is 5.92 Å². The zero-order valence-corrected chi connectivity index (χ0v) is 19.5. The summed E-state index contributed by atoms with van der Waals surface area (Å²) in [5, 5.41) is 0. The Morgan fingerprint density at radius 1 is 1.12 bits per heavy atom. The van der Waals surface area contributed by atoms with Crippen LogP contribution in [0.1, 0.15) is 56.4 Å². The fraction of sp³-hybridized carbons (Fsp3) is 0.538. The maximum Gasteiger partial charge on any atom is 0.226 e. The molecule has 1 aromatic heterocycles. The lowest BCUT2D eigenvalue weighted by Gasteiger charge is -2.35. The molecule has 1 atom stereocenters. The highest BCUT2D eigenvalue weighted by Crippen LogP contribution is 2.37. The van der Waals surface area contributed by atoms with Crippen molar-refractivity contribution in [1.29, 1.82) is 0 Å². The molecule has 7 nitrogen and oxygen atoms in total. The second-order valence-corrected chi connectivity index (χ2v) is 9.54. The summed E-state index contributed by atoms with van der Waals surface area (Å²) in [5.41, 5.74) is 3.97. The number of nitrogens with zero attached hydrogens (tertiary/aromatic N) is 4. The number of anilines is 1. The van der Waals surface area contributed by atoms with Crippen LogP contribution in [0, 0.1) is 5.92 Å². The van der Waals surface area contributed by atoms with Gasteiger partial charge in [0.25, 0.3) is 0 Å². The molecule has 3 heterocycles. The highest BCUT2D eigenvalue weighted by molar-refractivity contribution is 5.82. The number of carbonyl (C=O) groups is 2. The molecule has 2 aromatic rings. The van der Waals surface area contributed by atoms with Gasteiger partial charge in [0.15, 0.2) is 5.82 Å². The van der Waals surface area contributed by atoms with E-state index >= 15 is 0 Å². The minimum absolute atomic E-state index is 0.195. The number of amides is 1. The number of hydrogen-bond donors (Lipinski definition) is 0. The molecule has 1 amide bonds. The highest BCUT2D eigenvalue weighted by atomic mass is 16.5. The predicted molar refractivity (Wildman–Crippen MR) is 126 cm³/mol. The van der Waals surface area contributed by atoms with Crippen molar-refractivity contribution in [1.82, 2.24) is 14.9 Å². The van der Waals surface area contributed by atoms with Crippen molar-refractivity contribution < 1.29 is 14.3 Å². The Morgan fingerprint density at radius 3 is 2.61 bits per heavy atom. The SMILES string of the molecule is CCCC(=O)Cc1ccc(-c2nc3c(c(N4CCOC[C@@H]4C)n2)CN(C(=O)C2CC2)C3)cc1. The van der Waals surface area contributed by atoms with Crippen molar-refractivity contribution in [2.45, 2.75) is 65.1 Å². The molecule has 1 aromatic carbocycles. The molecule has 2 fully saturated rings. The van der Waals surface area contributed by atoms with Crippen LogP contribution in [0.15, 0.2) is 24.3 Å². The number of fused-ring (bicyclic) bond motifs is 1. The van der Waals surface area contributed by atoms with Crippen LogP contribution in [0.25, 0.3) is 11.4 Å². The van der Waals surface area contributed by atoms with Crippen LogP contribution in [0.3, 0.4) is 0 Å². The van der Waals surface area contributed by atoms with Crippen LogP contribution in [0.4, 0.5) is 5.82 Å². The summed E-state index contributed by atoms with van der Waals surface area (Å²) in [5.74, 6) is 2.31. The third-order valence-corrected chi connectivity index (χ3v) is 6.78. The summed E-state index contributed by atoms with van der Waals surface area (Å²) in [7, 11) is 0. The maximum absolute atomic E-state index is 12.8. The topological polar surface area (TPSA) is 75.6 Å². The Hall–Kier alpha value is -2.80. The van der Waals surface area contributed by atoms with Gasteiger partial charge in [-0.1, -0.05) is 31.2 Å². The van der Waals surface area contributed by atoms with Gasteiger partial charge in [0, 0.05) is 36.4 Å². The lowest BCUT2D eigenvalue weighted by molar-refractivity contribution is -0.133. The van der Waals surface area contributed by atoms with Crippen LogP contribution < -0.4 is 4.90 Å². The molecule has 0 bridgehead atoms. The van der Waals surface area contributed by atoms with Crippen molar-refractivity contribution in [2.75, 3.05) is 24.7 Å². The van der Waals surface area contributed by atoms with Crippen molar-refractivity contribution in [3.05, 3.63) is 41.1 Å². The van der Waals surface area contributed by atoms with Crippen LogP contribution in [0.5, 0.6) is 0 Å². The molecular weight excluding hydrogens is 416 g/mol. The molecule has 7 heteroatoms. The van der Waals surface area contributed by atoms with Crippen LogP contribution in [-0.2, 0) is 33.8 Å². The number of morpholine rings is 1. The monoisotopic (exact) mass is 448 g/mol. The van der Waals surface area contributed by atoms with Crippen LogP contribution in [-0.4, -0.2) is 52.4 Å². The average molecular weight is 449 g/mol. The van der Waals surface area contributed by atoms with Gasteiger partial charge < -0.3 is 14.5 Å². The summed E-state index contributed by atoms with van der Waals surface area (Å²) in [6.45, 7) is 7.43. The van der Waals surface area contributed by atoms with Crippen molar-refractivity contribution >= 4 is 17.5 Å². The minimum atomic E-state index is 0.195. The van der Waals surface area contributed by atoms with E-state index in [0.29, 0.717) is 45.0 Å². The van der Waals surface area contributed by atoms with Gasteiger partial charge >= 0.3 is 0 Å². The second-order valence-electron chi connectivity index (χ2n) is 9.54. The highest BCUT2D eigenvalue weighted by Gasteiger charge is 2.38. The summed E-state index contributed by atoms with van der Waals surface area (Å²) < 4.78 is 5.65. The summed E-state index contributed by atoms with van der Waals surface area (Å²) in [6, 6.07) is 8.22. The van der Waals surface area contributed by atoms with E-state index in [1.54, 1.807) is 0 Å². The number of benzene rings is 1. The van der Waals surface area contributed by atoms with Gasteiger partial charge in [0.05, 0.1) is 38.0 Å². The van der Waals surface area contributed by atoms with Gasteiger partial charge in [-0.15, -0.1) is 0 Å². The first-order valence-corrected chi connectivity index (χ1v) is 12.2. The number of ether oxygens (including phenoxy) is 1. The average Bonchev–Trinajstić information content (AvgIpc) is 3.57. The van der Waals surface area contributed by atoms with Gasteiger partial charge in [-0.05, 0) is 31.7 Å². The Bertz CT molecular complexity index is 1050. The number of aromatic nitrogens is 2. The molecule has 0 unspecified atom stereocenters. The molecule has 174 valence electrons. The van der Waals surface area contributed by atoms with E-state index in [1.807, 2.05) is 36.1 Å². The maximum atomic E-state index is 12.8. The standard InChI is InChI=1S/C26H32N4O3/c1-3-4-21(31)13-18-5-7-19(8-6-18)24-27-23-15-29(26(32)20-9-10-20)14-22(23)25(28-24)30-11-12-33-16-17(30)2/h5-8,17,20H,3-4,9-16H2,1-2H3/t17-/m0/s1. The van der Waals surface area contributed by atoms with E-state index in [1.165, 1.54) is 0 Å². The number of carbonyl (C=O) groups excluding carboxylic acids is 2. The lowest BCUT2D eigenvalue weighted by Crippen LogP contribution is -2.44. The smallest absolute Gasteiger partial charge is 0.226 e. The molecule has 0 spiro atoms. The van der Waals surface area contributed by atoms with Gasteiger partial charge in [-0.2, -0.15) is 0 Å². The molecule has 0 radical (unpaired) electrons. The van der Waals surface area contributed by atoms with E-state index < -0.39 is 0 Å². The quantitative estimate of drug-likeness (QED) is 0.645. The normalized spacial score (nSPS) is 20.1. The van der Waals surface area contributed by atoms with Gasteiger partial charge in [0.1, 0.15) is 11.6 Å². The van der Waals surface area contributed by atoms with Crippen LogP contribution >= 0.6 is 0 Å². The summed E-state index contributed by atoms with van der Waals surface area (Å²) in [6.07, 6.45) is 3.97. The molecule has 3 aliphatic rings. The molecular formula is C26H32N4O3. The first kappa shape index (κ1) is 22.0. The fourth-order valence-electron chi connectivity index (χ4n) is 4.76. The molecule has 2 aliphatic heterocycles. The van der Waals surface area contributed by atoms with E-state index in [9.17, 15) is 9.59 Å². The largest absolute Gasteiger partial charge is 0.377 e. The van der Waals surface area contributed by atoms with Gasteiger partial charge in [-0.25, -0.2) is 9.97 Å². The Balaban J connectivity index is 1.46. The summed E-state index contributed by atoms with van der Waals surface area (Å²) in [4.78, 5) is 39.0. The van der Waals surface area contributed by atoms with E-state index in [0.717, 1.165) is 54.0 Å². The van der Waals surface area contributed by atoms with E-state index in [2.05, 4.69) is 11.8 Å². The van der Waals surface area contributed by atoms with Crippen molar-refractivity contribution in [3.8, 4) is 11.4 Å². The second kappa shape index (κ2) is 9.21. The van der Waals surface area contributed by atoms with Crippen molar-refractivity contribution in [3.63, 3.8) is 0 Å². The minimum Gasteiger partial charge on any atom is -0.377 e. The Labute approximate surface area is 195 Å². The molecule has 0 N–H and O–H groups in total. The molecule has 1 saturated heterocycles. The number of Topliss-reactive ketones (excluding diaryl/α,β-unsaturated/α-hetero) is 1. The third-order valence-electron chi connectivity index (χ3n) is 6.78. The number of hydrogen-bond acceptors (Lipinski definition) is 6. The van der Waals surface area contributed by atoms with Gasteiger partial charge in [0.2, 0.25) is 5.91 Å². The summed E-state index contributed by atoms with van der Waals surface area (Å²) >= 11 is 0. The first-order valence-electron chi connectivity index (χ1n) is 12.2.